The molecule has 0 aliphatic carbocycles. The molecule has 0 saturated carbocycles. The van der Waals surface area contributed by atoms with Crippen LogP contribution in [0.25, 0.3) is 43.2 Å². The fourth-order valence-corrected chi connectivity index (χ4v) is 4.22. The number of nitrogens with zero attached hydrogens (tertiary/aromatic N) is 1. The summed E-state index contributed by atoms with van der Waals surface area (Å²) in [7, 11) is 0. The van der Waals surface area contributed by atoms with E-state index in [4.69, 9.17) is 0 Å². The standard InChI is InChI=1S/C26H16N2O/c29-26(23-15-11-16-4-1-2-7-21(16)27-23)28-22-14-12-19-9-8-17-5-3-6-18-10-13-20(22)25(19)24(17)18/h1-15H,(H,28,29). The summed E-state index contributed by atoms with van der Waals surface area (Å²) in [5, 5.41) is 11.2. The highest BCUT2D eigenvalue weighted by Gasteiger charge is 2.14. The molecular weight excluding hydrogens is 356 g/mol. The number of benzene rings is 5. The zero-order valence-electron chi connectivity index (χ0n) is 15.5. The summed E-state index contributed by atoms with van der Waals surface area (Å²) in [5.74, 6) is -0.203. The number of nitrogens with one attached hydrogen (secondary N) is 1. The lowest BCUT2D eigenvalue weighted by molar-refractivity contribution is 0.102. The largest absolute Gasteiger partial charge is 0.320 e. The molecule has 1 amide bonds. The zero-order valence-corrected chi connectivity index (χ0v) is 15.5. The van der Waals surface area contributed by atoms with E-state index < -0.39 is 0 Å². The molecule has 0 radical (unpaired) electrons. The number of anilines is 1. The highest BCUT2D eigenvalue weighted by molar-refractivity contribution is 6.26. The molecule has 3 heteroatoms. The molecule has 0 saturated heterocycles. The summed E-state index contributed by atoms with van der Waals surface area (Å²) in [4.78, 5) is 17.5. The minimum absolute atomic E-state index is 0.203. The summed E-state index contributed by atoms with van der Waals surface area (Å²) in [6.45, 7) is 0. The molecule has 0 atom stereocenters. The number of fused-ring (bicyclic) bond motifs is 1. The number of pyridine rings is 1. The van der Waals surface area contributed by atoms with Gasteiger partial charge in [-0.2, -0.15) is 0 Å². The second kappa shape index (κ2) is 6.01. The van der Waals surface area contributed by atoms with Gasteiger partial charge in [0.25, 0.3) is 5.91 Å². The summed E-state index contributed by atoms with van der Waals surface area (Å²) < 4.78 is 0. The molecule has 0 spiro atoms. The van der Waals surface area contributed by atoms with E-state index in [-0.39, 0.29) is 5.91 Å². The number of hydrogen-bond donors (Lipinski definition) is 1. The molecule has 5 aromatic carbocycles. The number of carbonyl (C=O) groups is 1. The van der Waals surface area contributed by atoms with Crippen molar-refractivity contribution in [2.24, 2.45) is 0 Å². The van der Waals surface area contributed by atoms with E-state index in [0.29, 0.717) is 5.69 Å². The molecule has 136 valence electrons. The quantitative estimate of drug-likeness (QED) is 0.358. The lowest BCUT2D eigenvalue weighted by Gasteiger charge is -2.14. The minimum Gasteiger partial charge on any atom is -0.320 e. The average molecular weight is 372 g/mol. The maximum absolute atomic E-state index is 12.9. The zero-order chi connectivity index (χ0) is 19.4. The number of para-hydroxylation sites is 1. The highest BCUT2D eigenvalue weighted by Crippen LogP contribution is 2.37. The lowest BCUT2D eigenvalue weighted by atomic mass is 9.93. The first-order valence-corrected chi connectivity index (χ1v) is 9.62. The van der Waals surface area contributed by atoms with Gasteiger partial charge in [-0.3, -0.25) is 4.79 Å². The second-order valence-electron chi connectivity index (χ2n) is 7.31. The predicted octanol–water partition coefficient (Wildman–Crippen LogP) is 6.38. The van der Waals surface area contributed by atoms with Crippen LogP contribution in [0.4, 0.5) is 5.69 Å². The van der Waals surface area contributed by atoms with Crippen molar-refractivity contribution in [3.05, 3.63) is 96.7 Å². The molecular formula is C26H16N2O. The van der Waals surface area contributed by atoms with Gasteiger partial charge >= 0.3 is 0 Å². The molecule has 6 rings (SSSR count). The fraction of sp³-hybridized carbons (Fsp3) is 0. The molecule has 6 aromatic rings. The molecule has 0 fully saturated rings. The predicted molar refractivity (Wildman–Crippen MR) is 120 cm³/mol. The molecule has 1 aromatic heterocycles. The fourth-order valence-electron chi connectivity index (χ4n) is 4.22. The molecule has 0 unspecified atom stereocenters. The topological polar surface area (TPSA) is 42.0 Å². The third-order valence-electron chi connectivity index (χ3n) is 5.61. The summed E-state index contributed by atoms with van der Waals surface area (Å²) in [5.41, 5.74) is 2.03. The Bertz CT molecular complexity index is 1540. The van der Waals surface area contributed by atoms with Gasteiger partial charge in [0.05, 0.1) is 5.52 Å². The van der Waals surface area contributed by atoms with Crippen LogP contribution in [0.5, 0.6) is 0 Å². The first-order chi connectivity index (χ1) is 14.3. The SMILES string of the molecule is O=C(Nc1ccc2ccc3cccc4ccc1c2c34)c1ccc2ccccc2n1. The maximum atomic E-state index is 12.9. The summed E-state index contributed by atoms with van der Waals surface area (Å²) in [6.07, 6.45) is 0. The highest BCUT2D eigenvalue weighted by atomic mass is 16.1. The Morgan fingerprint density at radius 3 is 2.14 bits per heavy atom. The molecule has 0 aliphatic heterocycles. The molecule has 29 heavy (non-hydrogen) atoms. The monoisotopic (exact) mass is 372 g/mol. The smallest absolute Gasteiger partial charge is 0.274 e. The second-order valence-corrected chi connectivity index (χ2v) is 7.31. The van der Waals surface area contributed by atoms with E-state index in [9.17, 15) is 4.79 Å². The normalized spacial score (nSPS) is 11.6. The number of aromatic nitrogens is 1. The van der Waals surface area contributed by atoms with Crippen LogP contribution in [-0.2, 0) is 0 Å². The third kappa shape index (κ3) is 2.44. The van der Waals surface area contributed by atoms with Crippen molar-refractivity contribution < 1.29 is 4.79 Å². The van der Waals surface area contributed by atoms with E-state index in [0.717, 1.165) is 22.0 Å². The Labute approximate surface area is 166 Å². The molecule has 1 heterocycles. The number of carbonyl (C=O) groups excluding carboxylic acids is 1. The molecule has 0 aliphatic rings. The van der Waals surface area contributed by atoms with E-state index in [1.54, 1.807) is 6.07 Å². The van der Waals surface area contributed by atoms with Crippen LogP contribution in [0.1, 0.15) is 10.5 Å². The van der Waals surface area contributed by atoms with Crippen molar-refractivity contribution in [1.29, 1.82) is 0 Å². The summed E-state index contributed by atoms with van der Waals surface area (Å²) >= 11 is 0. The molecule has 3 nitrogen and oxygen atoms in total. The summed E-state index contributed by atoms with van der Waals surface area (Å²) in [6, 6.07) is 30.4. The van der Waals surface area contributed by atoms with Crippen molar-refractivity contribution in [3.63, 3.8) is 0 Å². The molecule has 0 bridgehead atoms. The van der Waals surface area contributed by atoms with Crippen molar-refractivity contribution >= 4 is 54.8 Å². The first-order valence-electron chi connectivity index (χ1n) is 9.62. The van der Waals surface area contributed by atoms with E-state index in [1.807, 2.05) is 36.4 Å². The van der Waals surface area contributed by atoms with Crippen LogP contribution in [0.3, 0.4) is 0 Å². The first kappa shape index (κ1) is 16.0. The van der Waals surface area contributed by atoms with E-state index in [1.165, 1.54) is 26.9 Å². The lowest BCUT2D eigenvalue weighted by Crippen LogP contribution is -2.14. The van der Waals surface area contributed by atoms with Gasteiger partial charge in [0.15, 0.2) is 0 Å². The third-order valence-corrected chi connectivity index (χ3v) is 5.61. The van der Waals surface area contributed by atoms with Crippen LogP contribution in [0, 0.1) is 0 Å². The van der Waals surface area contributed by atoms with Gasteiger partial charge in [0.1, 0.15) is 5.69 Å². The van der Waals surface area contributed by atoms with E-state index >= 15 is 0 Å². The maximum Gasteiger partial charge on any atom is 0.274 e. The van der Waals surface area contributed by atoms with Crippen molar-refractivity contribution in [3.8, 4) is 0 Å². The Hall–Kier alpha value is -3.98. The van der Waals surface area contributed by atoms with Gasteiger partial charge < -0.3 is 5.32 Å². The van der Waals surface area contributed by atoms with Crippen LogP contribution in [0.2, 0.25) is 0 Å². The van der Waals surface area contributed by atoms with Crippen LogP contribution >= 0.6 is 0 Å². The van der Waals surface area contributed by atoms with Crippen molar-refractivity contribution in [2.45, 2.75) is 0 Å². The Morgan fingerprint density at radius 1 is 0.621 bits per heavy atom. The average Bonchev–Trinajstić information content (AvgIpc) is 2.78. The van der Waals surface area contributed by atoms with Gasteiger partial charge in [-0.1, -0.05) is 72.8 Å². The van der Waals surface area contributed by atoms with Crippen LogP contribution < -0.4 is 5.32 Å². The minimum atomic E-state index is -0.203. The van der Waals surface area contributed by atoms with Gasteiger partial charge in [-0.05, 0) is 45.1 Å². The van der Waals surface area contributed by atoms with E-state index in [2.05, 4.69) is 58.8 Å². The van der Waals surface area contributed by atoms with Crippen molar-refractivity contribution in [1.82, 2.24) is 4.98 Å². The van der Waals surface area contributed by atoms with Gasteiger partial charge in [0.2, 0.25) is 0 Å². The van der Waals surface area contributed by atoms with Gasteiger partial charge in [-0.25, -0.2) is 4.98 Å². The van der Waals surface area contributed by atoms with Crippen LogP contribution in [0.15, 0.2) is 91.0 Å². The van der Waals surface area contributed by atoms with Gasteiger partial charge in [0, 0.05) is 16.5 Å². The van der Waals surface area contributed by atoms with Gasteiger partial charge in [-0.15, -0.1) is 0 Å². The number of amides is 1. The van der Waals surface area contributed by atoms with Crippen LogP contribution in [-0.4, -0.2) is 10.9 Å². The number of rotatable bonds is 2. The Morgan fingerprint density at radius 2 is 1.28 bits per heavy atom. The Balaban J connectivity index is 1.49. The van der Waals surface area contributed by atoms with Crippen molar-refractivity contribution in [2.75, 3.05) is 5.32 Å². The molecule has 1 N–H and O–H groups in total. The number of hydrogen-bond acceptors (Lipinski definition) is 2. The Kier molecular flexibility index (Phi) is 3.32.